The van der Waals surface area contributed by atoms with E-state index in [1.54, 1.807) is 0 Å². The summed E-state index contributed by atoms with van der Waals surface area (Å²) in [6.07, 6.45) is -3.83. The third kappa shape index (κ3) is 4.64. The molecule has 1 aromatic carbocycles. The van der Waals surface area contributed by atoms with Gasteiger partial charge in [-0.1, -0.05) is 28.7 Å². The molecule has 0 aliphatic heterocycles. The molecule has 0 unspecified atom stereocenters. The Bertz CT molecular complexity index is 380. The van der Waals surface area contributed by atoms with E-state index < -0.39 is 11.7 Å². The molecule has 0 bridgehead atoms. The molecular weight excluding hydrogens is 360 g/mol. The van der Waals surface area contributed by atoms with Crippen LogP contribution in [0.2, 0.25) is 0 Å². The topological polar surface area (TPSA) is 18.5 Å². The fourth-order valence-electron chi connectivity index (χ4n) is 1.39. The summed E-state index contributed by atoms with van der Waals surface area (Å²) in [5.74, 6) is -0.104. The van der Waals surface area contributed by atoms with Crippen molar-refractivity contribution in [2.45, 2.75) is 17.0 Å². The number of benzene rings is 1. The van der Waals surface area contributed by atoms with E-state index in [1.807, 2.05) is 0 Å². The van der Waals surface area contributed by atoms with Gasteiger partial charge in [-0.2, -0.15) is 13.2 Å². The fraction of sp³-hybridized carbons (Fsp3) is 0.500. The summed E-state index contributed by atoms with van der Waals surface area (Å²) in [4.78, 5) is 0. The van der Waals surface area contributed by atoms with Crippen molar-refractivity contribution < 1.29 is 22.6 Å². The number of ether oxygens (including phenoxy) is 2. The minimum absolute atomic E-state index is 0.104. The van der Waals surface area contributed by atoms with E-state index in [9.17, 15) is 13.2 Å². The van der Waals surface area contributed by atoms with Crippen molar-refractivity contribution in [1.82, 2.24) is 0 Å². The second kappa shape index (κ2) is 7.18. The van der Waals surface area contributed by atoms with Crippen LogP contribution in [0.1, 0.15) is 17.5 Å². The first kappa shape index (κ1) is 15.6. The molecule has 18 heavy (non-hydrogen) atoms. The first-order valence-corrected chi connectivity index (χ1v) is 6.89. The average molecular weight is 374 g/mol. The molecule has 0 saturated carbocycles. The summed E-state index contributed by atoms with van der Waals surface area (Å²) in [6, 6.07) is 3.99. The second-order valence-corrected chi connectivity index (χ2v) is 4.42. The smallest absolute Gasteiger partial charge is 0.419 e. The van der Waals surface area contributed by atoms with Gasteiger partial charge in [-0.15, -0.1) is 0 Å². The van der Waals surface area contributed by atoms with Crippen molar-refractivity contribution in [1.29, 1.82) is 0 Å². The third-order valence-corrected chi connectivity index (χ3v) is 3.14. The van der Waals surface area contributed by atoms with E-state index in [0.717, 1.165) is 11.6 Å². The molecule has 0 aliphatic rings. The van der Waals surface area contributed by atoms with Crippen molar-refractivity contribution in [2.75, 3.05) is 20.3 Å². The first-order chi connectivity index (χ1) is 8.49. The molecule has 6 heteroatoms. The van der Waals surface area contributed by atoms with Crippen LogP contribution in [0.5, 0.6) is 5.75 Å². The van der Waals surface area contributed by atoms with E-state index in [1.165, 1.54) is 19.2 Å². The highest BCUT2D eigenvalue weighted by molar-refractivity contribution is 14.1. The Morgan fingerprint density at radius 1 is 1.22 bits per heavy atom. The number of methoxy groups -OCH3 is 1. The Balaban J connectivity index is 2.83. The van der Waals surface area contributed by atoms with Crippen molar-refractivity contribution in [3.05, 3.63) is 29.3 Å². The van der Waals surface area contributed by atoms with E-state index in [4.69, 9.17) is 9.47 Å². The molecular formula is C12H14F3IO2. The van der Waals surface area contributed by atoms with Crippen LogP contribution in [0.25, 0.3) is 0 Å². The van der Waals surface area contributed by atoms with Gasteiger partial charge in [-0.25, -0.2) is 0 Å². The van der Waals surface area contributed by atoms with Crippen molar-refractivity contribution in [3.8, 4) is 5.75 Å². The van der Waals surface area contributed by atoms with Gasteiger partial charge in [0, 0.05) is 24.6 Å². The molecule has 2 nitrogen and oxygen atoms in total. The zero-order chi connectivity index (χ0) is 13.6. The van der Waals surface area contributed by atoms with Crippen LogP contribution in [-0.4, -0.2) is 20.3 Å². The predicted molar refractivity (Wildman–Crippen MR) is 71.2 cm³/mol. The van der Waals surface area contributed by atoms with Crippen LogP contribution in [0.3, 0.4) is 0 Å². The quantitative estimate of drug-likeness (QED) is 0.425. The van der Waals surface area contributed by atoms with Crippen LogP contribution in [0.15, 0.2) is 18.2 Å². The van der Waals surface area contributed by atoms with Crippen LogP contribution >= 0.6 is 22.6 Å². The fourth-order valence-corrected chi connectivity index (χ4v) is 1.86. The first-order valence-electron chi connectivity index (χ1n) is 5.37. The largest absolute Gasteiger partial charge is 0.493 e. The summed E-state index contributed by atoms with van der Waals surface area (Å²) in [7, 11) is 1.54. The minimum Gasteiger partial charge on any atom is -0.493 e. The molecule has 0 aliphatic carbocycles. The van der Waals surface area contributed by atoms with Gasteiger partial charge in [-0.05, 0) is 17.7 Å². The Morgan fingerprint density at radius 3 is 2.50 bits per heavy atom. The van der Waals surface area contributed by atoms with Crippen LogP contribution < -0.4 is 4.74 Å². The number of hydrogen-bond donors (Lipinski definition) is 0. The summed E-state index contributed by atoms with van der Waals surface area (Å²) >= 11 is 2.10. The van der Waals surface area contributed by atoms with Gasteiger partial charge >= 0.3 is 6.18 Å². The normalized spacial score (nSPS) is 11.6. The SMILES string of the molecule is COCCCOc1cc(CI)ccc1C(F)(F)F. The monoisotopic (exact) mass is 374 g/mol. The molecule has 1 aromatic rings. The van der Waals surface area contributed by atoms with Gasteiger partial charge in [0.2, 0.25) is 0 Å². The summed E-state index contributed by atoms with van der Waals surface area (Å²) in [5.41, 5.74) is 0.0823. The molecule has 0 spiro atoms. The number of alkyl halides is 4. The summed E-state index contributed by atoms with van der Waals surface area (Å²) in [6.45, 7) is 0.676. The highest BCUT2D eigenvalue weighted by atomic mass is 127. The van der Waals surface area contributed by atoms with Crippen molar-refractivity contribution in [3.63, 3.8) is 0 Å². The van der Waals surface area contributed by atoms with E-state index in [0.29, 0.717) is 17.5 Å². The Hall–Kier alpha value is -0.500. The van der Waals surface area contributed by atoms with Gasteiger partial charge in [-0.3, -0.25) is 0 Å². The zero-order valence-corrected chi connectivity index (χ0v) is 12.0. The third-order valence-electron chi connectivity index (χ3n) is 2.26. The summed E-state index contributed by atoms with van der Waals surface area (Å²) in [5, 5.41) is 0. The maximum absolute atomic E-state index is 12.8. The van der Waals surface area contributed by atoms with Crippen molar-refractivity contribution >= 4 is 22.6 Å². The Labute approximate surface area is 118 Å². The molecule has 1 rings (SSSR count). The second-order valence-electron chi connectivity index (χ2n) is 3.66. The maximum Gasteiger partial charge on any atom is 0.419 e. The van der Waals surface area contributed by atoms with Gasteiger partial charge in [0.15, 0.2) is 0 Å². The highest BCUT2D eigenvalue weighted by Crippen LogP contribution is 2.37. The zero-order valence-electron chi connectivity index (χ0n) is 9.89. The molecule has 0 aromatic heterocycles. The lowest BCUT2D eigenvalue weighted by Crippen LogP contribution is -2.10. The van der Waals surface area contributed by atoms with Crippen molar-refractivity contribution in [2.24, 2.45) is 0 Å². The van der Waals surface area contributed by atoms with Crippen LogP contribution in [0.4, 0.5) is 13.2 Å². The standard InChI is InChI=1S/C12H14F3IO2/c1-17-5-2-6-18-11-7-9(8-16)3-4-10(11)12(13,14)15/h3-4,7H,2,5-6,8H2,1H3. The molecule has 0 saturated heterocycles. The van der Waals surface area contributed by atoms with Gasteiger partial charge < -0.3 is 9.47 Å². The molecule has 102 valence electrons. The van der Waals surface area contributed by atoms with Crippen LogP contribution in [0, 0.1) is 0 Å². The van der Waals surface area contributed by atoms with E-state index >= 15 is 0 Å². The average Bonchev–Trinajstić information content (AvgIpc) is 2.33. The number of rotatable bonds is 6. The lowest BCUT2D eigenvalue weighted by Gasteiger charge is -2.14. The predicted octanol–water partition coefficient (Wildman–Crippen LogP) is 4.06. The molecule has 0 fully saturated rings. The van der Waals surface area contributed by atoms with E-state index in [2.05, 4.69) is 22.6 Å². The van der Waals surface area contributed by atoms with Crippen LogP contribution in [-0.2, 0) is 15.3 Å². The molecule has 0 heterocycles. The molecule has 0 radical (unpaired) electrons. The number of halogens is 4. The van der Waals surface area contributed by atoms with Gasteiger partial charge in [0.1, 0.15) is 5.75 Å². The highest BCUT2D eigenvalue weighted by Gasteiger charge is 2.34. The Morgan fingerprint density at radius 2 is 1.94 bits per heavy atom. The lowest BCUT2D eigenvalue weighted by atomic mass is 10.1. The Kier molecular flexibility index (Phi) is 6.20. The number of hydrogen-bond acceptors (Lipinski definition) is 2. The molecule has 0 atom stereocenters. The minimum atomic E-state index is -4.39. The summed E-state index contributed by atoms with van der Waals surface area (Å²) < 4.78 is 48.9. The molecule has 0 amide bonds. The van der Waals surface area contributed by atoms with Gasteiger partial charge in [0.05, 0.1) is 12.2 Å². The van der Waals surface area contributed by atoms with E-state index in [-0.39, 0.29) is 12.4 Å². The van der Waals surface area contributed by atoms with Gasteiger partial charge in [0.25, 0.3) is 0 Å². The maximum atomic E-state index is 12.8. The molecule has 0 N–H and O–H groups in total. The lowest BCUT2D eigenvalue weighted by molar-refractivity contribution is -0.139.